The van der Waals surface area contributed by atoms with E-state index in [2.05, 4.69) is 70.5 Å². The van der Waals surface area contributed by atoms with Gasteiger partial charge in [-0.15, -0.1) is 0 Å². The smallest absolute Gasteiger partial charge is 0.198 e. The normalized spacial score (nSPS) is 10.8. The molecule has 0 N–H and O–H groups in total. The van der Waals surface area contributed by atoms with Crippen molar-refractivity contribution in [1.29, 1.82) is 0 Å². The van der Waals surface area contributed by atoms with Crippen LogP contribution in [0.2, 0.25) is 0 Å². The Balaban J connectivity index is 2.80. The maximum Gasteiger partial charge on any atom is 0.215 e. The summed E-state index contributed by atoms with van der Waals surface area (Å²) in [5.41, 5.74) is 9.43. The Kier molecular flexibility index (Phi) is 3.25. The van der Waals surface area contributed by atoms with Crippen LogP contribution < -0.4 is 4.57 Å². The predicted octanol–water partition coefficient (Wildman–Crippen LogP) is 3.72. The molecule has 1 heterocycles. The molecule has 94 valence electrons. The Bertz CT molecular complexity index is 609. The van der Waals surface area contributed by atoms with Crippen LogP contribution in [0.5, 0.6) is 0 Å². The van der Waals surface area contributed by atoms with Gasteiger partial charge in [-0.1, -0.05) is 12.1 Å². The number of nitrogens with zero attached hydrogens (tertiary/aromatic N) is 1. The van der Waals surface area contributed by atoms with Crippen LogP contribution in [0.15, 0.2) is 24.3 Å². The monoisotopic (exact) mass is 240 g/mol. The van der Waals surface area contributed by atoms with Gasteiger partial charge in [0.25, 0.3) is 0 Å². The minimum atomic E-state index is 1.33. The van der Waals surface area contributed by atoms with Gasteiger partial charge in [0.15, 0.2) is 5.69 Å². The van der Waals surface area contributed by atoms with E-state index >= 15 is 0 Å². The van der Waals surface area contributed by atoms with Crippen molar-refractivity contribution in [3.63, 3.8) is 0 Å². The predicted molar refractivity (Wildman–Crippen MR) is 76.7 cm³/mol. The summed E-state index contributed by atoms with van der Waals surface area (Å²) < 4.78 is 2.31. The van der Waals surface area contributed by atoms with Crippen LogP contribution in [0.1, 0.15) is 27.9 Å². The third kappa shape index (κ3) is 1.94. The zero-order valence-corrected chi connectivity index (χ0v) is 12.3. The van der Waals surface area contributed by atoms with Crippen LogP contribution >= 0.6 is 0 Å². The van der Waals surface area contributed by atoms with E-state index in [1.807, 2.05) is 0 Å². The number of hydrogen-bond acceptors (Lipinski definition) is 0. The molecule has 18 heavy (non-hydrogen) atoms. The van der Waals surface area contributed by atoms with Crippen LogP contribution in [0.3, 0.4) is 0 Å². The van der Waals surface area contributed by atoms with E-state index in [1.54, 1.807) is 0 Å². The first-order valence-corrected chi connectivity index (χ1v) is 6.47. The Morgan fingerprint density at radius 1 is 0.833 bits per heavy atom. The van der Waals surface area contributed by atoms with Crippen molar-refractivity contribution in [3.05, 3.63) is 52.2 Å². The van der Waals surface area contributed by atoms with Gasteiger partial charge >= 0.3 is 0 Å². The summed E-state index contributed by atoms with van der Waals surface area (Å²) in [6.45, 7) is 10.9. The lowest BCUT2D eigenvalue weighted by Crippen LogP contribution is -2.36. The second kappa shape index (κ2) is 4.56. The minimum Gasteiger partial charge on any atom is -0.198 e. The lowest BCUT2D eigenvalue weighted by molar-refractivity contribution is -0.667. The lowest BCUT2D eigenvalue weighted by Gasteiger charge is -2.12. The third-order valence-corrected chi connectivity index (χ3v) is 4.08. The zero-order chi connectivity index (χ0) is 13.4. The van der Waals surface area contributed by atoms with E-state index in [4.69, 9.17) is 0 Å². The molecule has 0 aliphatic carbocycles. The molecular formula is C17H22N+. The van der Waals surface area contributed by atoms with Crippen molar-refractivity contribution in [1.82, 2.24) is 0 Å². The summed E-state index contributed by atoms with van der Waals surface area (Å²) in [6, 6.07) is 8.83. The number of hydrogen-bond donors (Lipinski definition) is 0. The fraction of sp³-hybridized carbons (Fsp3) is 0.353. The van der Waals surface area contributed by atoms with Crippen molar-refractivity contribution in [2.24, 2.45) is 7.05 Å². The number of pyridine rings is 1. The summed E-state index contributed by atoms with van der Waals surface area (Å²) in [7, 11) is 2.16. The van der Waals surface area contributed by atoms with Gasteiger partial charge in [0.2, 0.25) is 5.69 Å². The van der Waals surface area contributed by atoms with Crippen LogP contribution in [-0.2, 0) is 7.05 Å². The van der Waals surface area contributed by atoms with Crippen LogP contribution in [-0.4, -0.2) is 0 Å². The average Bonchev–Trinajstić information content (AvgIpc) is 2.32. The van der Waals surface area contributed by atoms with Crippen molar-refractivity contribution in [2.75, 3.05) is 0 Å². The first-order valence-electron chi connectivity index (χ1n) is 6.47. The summed E-state index contributed by atoms with van der Waals surface area (Å²) in [5, 5.41) is 0. The van der Waals surface area contributed by atoms with Gasteiger partial charge in [-0.2, -0.15) is 4.57 Å². The van der Waals surface area contributed by atoms with Gasteiger partial charge < -0.3 is 0 Å². The van der Waals surface area contributed by atoms with Crippen LogP contribution in [0.25, 0.3) is 11.3 Å². The molecule has 1 aromatic heterocycles. The zero-order valence-electron chi connectivity index (χ0n) is 12.3. The summed E-state index contributed by atoms with van der Waals surface area (Å²) in [5.74, 6) is 0. The van der Waals surface area contributed by atoms with Crippen molar-refractivity contribution >= 4 is 0 Å². The van der Waals surface area contributed by atoms with E-state index in [1.165, 1.54) is 39.2 Å². The molecule has 0 radical (unpaired) electrons. The van der Waals surface area contributed by atoms with Crippen LogP contribution in [0, 0.1) is 34.6 Å². The molecule has 0 aliphatic rings. The molecule has 0 amide bonds. The fourth-order valence-electron chi connectivity index (χ4n) is 2.60. The first kappa shape index (κ1) is 12.8. The number of aromatic nitrogens is 1. The molecule has 2 aromatic rings. The number of aryl methyl sites for hydroxylation is 3. The van der Waals surface area contributed by atoms with E-state index in [-0.39, 0.29) is 0 Å². The van der Waals surface area contributed by atoms with Gasteiger partial charge in [0, 0.05) is 23.6 Å². The molecule has 0 spiro atoms. The molecule has 0 saturated carbocycles. The van der Waals surface area contributed by atoms with Gasteiger partial charge in [-0.3, -0.25) is 0 Å². The lowest BCUT2D eigenvalue weighted by atomic mass is 9.96. The topological polar surface area (TPSA) is 3.88 Å². The molecule has 1 nitrogen and oxygen atoms in total. The highest BCUT2D eigenvalue weighted by atomic mass is 14.9. The first-order chi connectivity index (χ1) is 8.43. The Hall–Kier alpha value is -1.63. The van der Waals surface area contributed by atoms with Crippen molar-refractivity contribution in [2.45, 2.75) is 34.6 Å². The van der Waals surface area contributed by atoms with Gasteiger partial charge in [0.1, 0.15) is 7.05 Å². The molecule has 1 heteroatoms. The SMILES string of the molecule is Cc1cccc(-c2c(C)cc(C)c(C)[n+]2C)c1C. The van der Waals surface area contributed by atoms with E-state index in [9.17, 15) is 0 Å². The van der Waals surface area contributed by atoms with E-state index < -0.39 is 0 Å². The van der Waals surface area contributed by atoms with E-state index in [0.717, 1.165) is 0 Å². The van der Waals surface area contributed by atoms with E-state index in [0.29, 0.717) is 0 Å². The molecule has 2 rings (SSSR count). The Morgan fingerprint density at radius 3 is 2.17 bits per heavy atom. The van der Waals surface area contributed by atoms with Gasteiger partial charge in [-0.05, 0) is 51.0 Å². The molecule has 0 aliphatic heterocycles. The maximum absolute atomic E-state index is 2.31. The van der Waals surface area contributed by atoms with Gasteiger partial charge in [0.05, 0.1) is 0 Å². The molecule has 0 fully saturated rings. The van der Waals surface area contributed by atoms with Gasteiger partial charge in [-0.25, -0.2) is 0 Å². The Labute approximate surface area is 110 Å². The second-order valence-electron chi connectivity index (χ2n) is 5.25. The molecular weight excluding hydrogens is 218 g/mol. The van der Waals surface area contributed by atoms with Crippen molar-refractivity contribution < 1.29 is 4.57 Å². The van der Waals surface area contributed by atoms with Crippen LogP contribution in [0.4, 0.5) is 0 Å². The highest BCUT2D eigenvalue weighted by Crippen LogP contribution is 2.26. The molecule has 1 aromatic carbocycles. The second-order valence-corrected chi connectivity index (χ2v) is 5.25. The molecule has 0 atom stereocenters. The quantitative estimate of drug-likeness (QED) is 0.669. The standard InChI is InChI=1S/C17H22N/c1-11-8-7-9-16(14(11)4)17-13(3)10-12(2)15(5)18(17)6/h7-10H,1-6H3/q+1. The highest BCUT2D eigenvalue weighted by molar-refractivity contribution is 5.65. The molecule has 0 bridgehead atoms. The maximum atomic E-state index is 2.31. The fourth-order valence-corrected chi connectivity index (χ4v) is 2.60. The summed E-state index contributed by atoms with van der Waals surface area (Å²) >= 11 is 0. The third-order valence-electron chi connectivity index (χ3n) is 4.08. The summed E-state index contributed by atoms with van der Waals surface area (Å²) in [4.78, 5) is 0. The minimum absolute atomic E-state index is 1.33. The molecule has 0 unspecified atom stereocenters. The molecule has 0 saturated heterocycles. The highest BCUT2D eigenvalue weighted by Gasteiger charge is 2.19. The summed E-state index contributed by atoms with van der Waals surface area (Å²) in [6.07, 6.45) is 0. The Morgan fingerprint density at radius 2 is 1.50 bits per heavy atom. The van der Waals surface area contributed by atoms with Crippen molar-refractivity contribution in [3.8, 4) is 11.3 Å². The largest absolute Gasteiger partial charge is 0.215 e. The number of rotatable bonds is 1. The number of benzene rings is 1. The average molecular weight is 240 g/mol.